The number of carbonyl (C=O) groups excluding carboxylic acids is 1. The minimum Gasteiger partial charge on any atom is -0.396 e. The molecule has 0 aromatic rings. The summed E-state index contributed by atoms with van der Waals surface area (Å²) in [6, 6.07) is 0. The second kappa shape index (κ2) is 4.83. The third-order valence-corrected chi connectivity index (χ3v) is 2.40. The normalized spacial score (nSPS) is 18.7. The van der Waals surface area contributed by atoms with Crippen molar-refractivity contribution in [3.05, 3.63) is 0 Å². The van der Waals surface area contributed by atoms with E-state index in [-0.39, 0.29) is 5.91 Å². The first-order valence-corrected chi connectivity index (χ1v) is 4.87. The Morgan fingerprint density at radius 2 is 2.07 bits per heavy atom. The Balaban J connectivity index is 2.23. The highest BCUT2D eigenvalue weighted by molar-refractivity contribution is 5.76. The van der Waals surface area contributed by atoms with Crippen LogP contribution in [0.2, 0.25) is 0 Å². The van der Waals surface area contributed by atoms with Crippen molar-refractivity contribution in [3.8, 4) is 0 Å². The highest BCUT2D eigenvalue weighted by Crippen LogP contribution is 2.32. The minimum absolute atomic E-state index is 0.302. The van der Waals surface area contributed by atoms with E-state index in [0.29, 0.717) is 12.3 Å². The number of amides is 1. The zero-order chi connectivity index (χ0) is 11.5. The van der Waals surface area contributed by atoms with Gasteiger partial charge in [-0.05, 0) is 18.8 Å². The molecule has 6 heteroatoms. The van der Waals surface area contributed by atoms with E-state index in [4.69, 9.17) is 5.11 Å². The van der Waals surface area contributed by atoms with Crippen LogP contribution in [-0.4, -0.2) is 30.3 Å². The topological polar surface area (TPSA) is 49.3 Å². The first-order chi connectivity index (χ1) is 6.93. The second-order valence-electron chi connectivity index (χ2n) is 3.87. The van der Waals surface area contributed by atoms with Gasteiger partial charge in [-0.2, -0.15) is 13.2 Å². The lowest BCUT2D eigenvalue weighted by Gasteiger charge is -2.18. The summed E-state index contributed by atoms with van der Waals surface area (Å²) in [5, 5.41) is 10.7. The highest BCUT2D eigenvalue weighted by atomic mass is 19.4. The molecule has 0 aromatic heterocycles. The van der Waals surface area contributed by atoms with Gasteiger partial charge < -0.3 is 10.4 Å². The molecule has 1 atom stereocenters. The van der Waals surface area contributed by atoms with Crippen LogP contribution in [0.4, 0.5) is 13.2 Å². The van der Waals surface area contributed by atoms with E-state index in [1.165, 1.54) is 0 Å². The molecule has 1 unspecified atom stereocenters. The largest absolute Gasteiger partial charge is 0.396 e. The average molecular weight is 225 g/mol. The monoisotopic (exact) mass is 225 g/mol. The summed E-state index contributed by atoms with van der Waals surface area (Å²) in [5.41, 5.74) is 0. The minimum atomic E-state index is -4.46. The first kappa shape index (κ1) is 12.3. The van der Waals surface area contributed by atoms with E-state index in [2.05, 4.69) is 5.32 Å². The molecule has 1 aliphatic rings. The Labute approximate surface area is 85.7 Å². The molecule has 1 saturated carbocycles. The van der Waals surface area contributed by atoms with Crippen molar-refractivity contribution in [3.63, 3.8) is 0 Å². The van der Waals surface area contributed by atoms with Gasteiger partial charge in [-0.1, -0.05) is 0 Å². The molecule has 0 heterocycles. The molecule has 0 radical (unpaired) electrons. The molecule has 1 rings (SSSR count). The Hall–Kier alpha value is -0.780. The van der Waals surface area contributed by atoms with E-state index in [1.807, 2.05) is 0 Å². The summed E-state index contributed by atoms with van der Waals surface area (Å²) >= 11 is 0. The molecule has 1 fully saturated rings. The number of rotatable bonds is 5. The number of nitrogens with one attached hydrogen (secondary N) is 1. The summed E-state index contributed by atoms with van der Waals surface area (Å²) in [4.78, 5) is 11.1. The Bertz CT molecular complexity index is 226. The van der Waals surface area contributed by atoms with E-state index >= 15 is 0 Å². The second-order valence-corrected chi connectivity index (χ2v) is 3.87. The standard InChI is InChI=1S/C9H14F3NO2/c10-9(11,12)7(5-14)4-13-8(15)3-6-1-2-6/h6-7,14H,1-5H2,(H,13,15). The lowest BCUT2D eigenvalue weighted by molar-refractivity contribution is -0.182. The molecule has 1 aliphatic carbocycles. The van der Waals surface area contributed by atoms with Gasteiger partial charge in [0.15, 0.2) is 0 Å². The molecule has 0 spiro atoms. The number of alkyl halides is 3. The van der Waals surface area contributed by atoms with Crippen molar-refractivity contribution in [1.29, 1.82) is 0 Å². The smallest absolute Gasteiger partial charge is 0.395 e. The molecule has 88 valence electrons. The summed E-state index contributed by atoms with van der Waals surface area (Å²) < 4.78 is 36.4. The van der Waals surface area contributed by atoms with Crippen LogP contribution in [0, 0.1) is 11.8 Å². The Morgan fingerprint density at radius 1 is 1.47 bits per heavy atom. The van der Waals surface area contributed by atoms with Gasteiger partial charge in [-0.3, -0.25) is 4.79 Å². The van der Waals surface area contributed by atoms with Crippen molar-refractivity contribution in [2.75, 3.05) is 13.2 Å². The van der Waals surface area contributed by atoms with Gasteiger partial charge in [-0.25, -0.2) is 0 Å². The first-order valence-electron chi connectivity index (χ1n) is 4.87. The van der Waals surface area contributed by atoms with Gasteiger partial charge >= 0.3 is 6.18 Å². The number of halogens is 3. The molecule has 0 aliphatic heterocycles. The number of hydrogen-bond donors (Lipinski definition) is 2. The number of hydrogen-bond acceptors (Lipinski definition) is 2. The molecule has 3 nitrogen and oxygen atoms in total. The van der Waals surface area contributed by atoms with Gasteiger partial charge in [0.1, 0.15) is 0 Å². The zero-order valence-corrected chi connectivity index (χ0v) is 8.18. The molecular formula is C9H14F3NO2. The van der Waals surface area contributed by atoms with Crippen molar-refractivity contribution < 1.29 is 23.1 Å². The summed E-state index contributed by atoms with van der Waals surface area (Å²) in [6.45, 7) is -1.53. The lowest BCUT2D eigenvalue weighted by atomic mass is 10.1. The summed E-state index contributed by atoms with van der Waals surface area (Å²) in [5.74, 6) is -1.87. The summed E-state index contributed by atoms with van der Waals surface area (Å²) in [6.07, 6.45) is -2.19. The Kier molecular flexibility index (Phi) is 3.96. The average Bonchev–Trinajstić information content (AvgIpc) is 2.86. The maximum absolute atomic E-state index is 12.1. The maximum atomic E-state index is 12.1. The molecule has 2 N–H and O–H groups in total. The lowest BCUT2D eigenvalue weighted by Crippen LogP contribution is -2.38. The fourth-order valence-electron chi connectivity index (χ4n) is 1.18. The third-order valence-electron chi connectivity index (χ3n) is 2.40. The summed E-state index contributed by atoms with van der Waals surface area (Å²) in [7, 11) is 0. The fraction of sp³-hybridized carbons (Fsp3) is 0.889. The number of carbonyl (C=O) groups is 1. The van der Waals surface area contributed by atoms with Gasteiger partial charge in [-0.15, -0.1) is 0 Å². The van der Waals surface area contributed by atoms with Crippen LogP contribution < -0.4 is 5.32 Å². The number of aliphatic hydroxyl groups excluding tert-OH is 1. The van der Waals surface area contributed by atoms with Crippen LogP contribution >= 0.6 is 0 Å². The predicted octanol–water partition coefficient (Wildman–Crippen LogP) is 1.07. The predicted molar refractivity (Wildman–Crippen MR) is 47.0 cm³/mol. The van der Waals surface area contributed by atoms with Crippen molar-refractivity contribution in [2.24, 2.45) is 11.8 Å². The van der Waals surface area contributed by atoms with Crippen molar-refractivity contribution in [1.82, 2.24) is 5.32 Å². The van der Waals surface area contributed by atoms with Gasteiger partial charge in [0.05, 0.1) is 12.5 Å². The van der Waals surface area contributed by atoms with Crippen LogP contribution in [0.15, 0.2) is 0 Å². The Morgan fingerprint density at radius 3 is 2.47 bits per heavy atom. The van der Waals surface area contributed by atoms with Gasteiger partial charge in [0, 0.05) is 13.0 Å². The molecule has 0 aromatic carbocycles. The van der Waals surface area contributed by atoms with E-state index in [9.17, 15) is 18.0 Å². The maximum Gasteiger partial charge on any atom is 0.395 e. The SMILES string of the molecule is O=C(CC1CC1)NCC(CO)C(F)(F)F. The quantitative estimate of drug-likeness (QED) is 0.735. The van der Waals surface area contributed by atoms with Crippen LogP contribution in [0.5, 0.6) is 0 Å². The number of aliphatic hydroxyl groups is 1. The van der Waals surface area contributed by atoms with Crippen LogP contribution in [-0.2, 0) is 4.79 Å². The van der Waals surface area contributed by atoms with Gasteiger partial charge in [0.2, 0.25) is 5.91 Å². The molecule has 0 bridgehead atoms. The van der Waals surface area contributed by atoms with Crippen LogP contribution in [0.3, 0.4) is 0 Å². The van der Waals surface area contributed by atoms with E-state index in [1.54, 1.807) is 0 Å². The van der Waals surface area contributed by atoms with Gasteiger partial charge in [0.25, 0.3) is 0 Å². The van der Waals surface area contributed by atoms with Crippen molar-refractivity contribution >= 4 is 5.91 Å². The van der Waals surface area contributed by atoms with Crippen LogP contribution in [0.25, 0.3) is 0 Å². The highest BCUT2D eigenvalue weighted by Gasteiger charge is 2.39. The fourth-order valence-corrected chi connectivity index (χ4v) is 1.18. The third kappa shape index (κ3) is 4.51. The molecular weight excluding hydrogens is 211 g/mol. The van der Waals surface area contributed by atoms with E-state index < -0.39 is 25.2 Å². The van der Waals surface area contributed by atoms with Crippen molar-refractivity contribution in [2.45, 2.75) is 25.4 Å². The molecule has 15 heavy (non-hydrogen) atoms. The van der Waals surface area contributed by atoms with E-state index in [0.717, 1.165) is 12.8 Å². The van der Waals surface area contributed by atoms with Crippen LogP contribution in [0.1, 0.15) is 19.3 Å². The molecule has 1 amide bonds. The zero-order valence-electron chi connectivity index (χ0n) is 8.18. The molecule has 0 saturated heterocycles.